The second kappa shape index (κ2) is 4.25. The average molecular weight is 188 g/mol. The third kappa shape index (κ3) is 3.44. The van der Waals surface area contributed by atoms with Crippen molar-refractivity contribution in [3.05, 3.63) is 0 Å². The summed E-state index contributed by atoms with van der Waals surface area (Å²) in [7, 11) is 1.30. The van der Waals surface area contributed by atoms with Gasteiger partial charge in [0.05, 0.1) is 19.4 Å². The molecule has 76 valence electrons. The lowest BCUT2D eigenvalue weighted by molar-refractivity contribution is -0.149. The molecule has 0 amide bonds. The van der Waals surface area contributed by atoms with Gasteiger partial charge in [-0.2, -0.15) is 0 Å². The topological polar surface area (TPSA) is 63.6 Å². The van der Waals surface area contributed by atoms with Gasteiger partial charge in [0.2, 0.25) is 0 Å². The summed E-state index contributed by atoms with van der Waals surface area (Å²) in [6.45, 7) is 5.07. The molecule has 0 aromatic carbocycles. The molecule has 0 saturated carbocycles. The Hall–Kier alpha value is -1.06. The molecule has 0 saturated heterocycles. The monoisotopic (exact) mass is 188 g/mol. The fraction of sp³-hybridized carbons (Fsp3) is 0.778. The van der Waals surface area contributed by atoms with Crippen molar-refractivity contribution < 1.29 is 19.4 Å². The van der Waals surface area contributed by atoms with E-state index in [2.05, 4.69) is 4.74 Å². The van der Waals surface area contributed by atoms with Crippen LogP contribution in [0.25, 0.3) is 0 Å². The van der Waals surface area contributed by atoms with Crippen LogP contribution in [0.3, 0.4) is 0 Å². The highest BCUT2D eigenvalue weighted by Gasteiger charge is 2.33. The molecule has 0 heterocycles. The molecule has 1 N–H and O–H groups in total. The summed E-state index contributed by atoms with van der Waals surface area (Å²) in [6, 6.07) is 0. The van der Waals surface area contributed by atoms with Crippen LogP contribution >= 0.6 is 0 Å². The standard InChI is InChI=1S/C9H16O4/c1-6(8(11)12)9(2,3)5-7(10)13-4/h6H,5H2,1-4H3,(H,11,12). The molecule has 0 fully saturated rings. The highest BCUT2D eigenvalue weighted by molar-refractivity contribution is 5.74. The molecule has 1 unspecified atom stereocenters. The van der Waals surface area contributed by atoms with E-state index in [-0.39, 0.29) is 12.4 Å². The first-order chi connectivity index (χ1) is 5.81. The number of carbonyl (C=O) groups is 2. The van der Waals surface area contributed by atoms with Crippen molar-refractivity contribution in [2.75, 3.05) is 7.11 Å². The maximum absolute atomic E-state index is 10.9. The minimum absolute atomic E-state index is 0.122. The number of aliphatic carboxylic acids is 1. The van der Waals surface area contributed by atoms with Gasteiger partial charge in [-0.15, -0.1) is 0 Å². The Balaban J connectivity index is 4.38. The lowest BCUT2D eigenvalue weighted by Gasteiger charge is -2.27. The largest absolute Gasteiger partial charge is 0.481 e. The zero-order valence-corrected chi connectivity index (χ0v) is 8.46. The van der Waals surface area contributed by atoms with E-state index in [0.717, 1.165) is 0 Å². The summed E-state index contributed by atoms with van der Waals surface area (Å²) < 4.78 is 4.48. The number of methoxy groups -OCH3 is 1. The molecule has 0 aromatic rings. The number of hydrogen-bond acceptors (Lipinski definition) is 3. The Morgan fingerprint density at radius 3 is 2.23 bits per heavy atom. The van der Waals surface area contributed by atoms with Crippen molar-refractivity contribution in [3.8, 4) is 0 Å². The quantitative estimate of drug-likeness (QED) is 0.675. The summed E-state index contributed by atoms with van der Waals surface area (Å²) in [5, 5.41) is 8.75. The lowest BCUT2D eigenvalue weighted by atomic mass is 9.77. The number of carboxylic acid groups (broad SMARTS) is 1. The first-order valence-electron chi connectivity index (χ1n) is 4.11. The number of carboxylic acids is 1. The summed E-state index contributed by atoms with van der Waals surface area (Å²) >= 11 is 0. The first kappa shape index (κ1) is 11.9. The van der Waals surface area contributed by atoms with E-state index in [1.807, 2.05) is 0 Å². The number of hydrogen-bond donors (Lipinski definition) is 1. The molecular formula is C9H16O4. The molecule has 0 radical (unpaired) electrons. The smallest absolute Gasteiger partial charge is 0.306 e. The number of esters is 1. The van der Waals surface area contributed by atoms with E-state index in [4.69, 9.17) is 5.11 Å². The Bertz CT molecular complexity index is 208. The van der Waals surface area contributed by atoms with Crippen molar-refractivity contribution in [1.82, 2.24) is 0 Å². The predicted molar refractivity (Wildman–Crippen MR) is 47.2 cm³/mol. The van der Waals surface area contributed by atoms with E-state index in [9.17, 15) is 9.59 Å². The Kier molecular flexibility index (Phi) is 3.91. The Morgan fingerprint density at radius 2 is 1.92 bits per heavy atom. The minimum Gasteiger partial charge on any atom is -0.481 e. The second-order valence-corrected chi connectivity index (χ2v) is 3.80. The maximum atomic E-state index is 10.9. The van der Waals surface area contributed by atoms with Gasteiger partial charge < -0.3 is 9.84 Å². The fourth-order valence-corrected chi connectivity index (χ4v) is 0.932. The van der Waals surface area contributed by atoms with E-state index in [1.54, 1.807) is 20.8 Å². The zero-order valence-electron chi connectivity index (χ0n) is 8.46. The zero-order chi connectivity index (χ0) is 10.6. The molecule has 0 aliphatic heterocycles. The van der Waals surface area contributed by atoms with Crippen LogP contribution in [-0.2, 0) is 14.3 Å². The van der Waals surface area contributed by atoms with Crippen LogP contribution in [0.2, 0.25) is 0 Å². The first-order valence-corrected chi connectivity index (χ1v) is 4.11. The molecule has 0 aromatic heterocycles. The molecule has 4 nitrogen and oxygen atoms in total. The third-order valence-electron chi connectivity index (χ3n) is 2.37. The molecule has 0 rings (SSSR count). The van der Waals surface area contributed by atoms with Crippen molar-refractivity contribution >= 4 is 11.9 Å². The van der Waals surface area contributed by atoms with Crippen molar-refractivity contribution in [2.24, 2.45) is 11.3 Å². The second-order valence-electron chi connectivity index (χ2n) is 3.80. The predicted octanol–water partition coefficient (Wildman–Crippen LogP) is 1.30. The summed E-state index contributed by atoms with van der Waals surface area (Å²) in [6.07, 6.45) is 0.122. The highest BCUT2D eigenvalue weighted by atomic mass is 16.5. The molecule has 13 heavy (non-hydrogen) atoms. The molecule has 0 spiro atoms. The Labute approximate surface area is 77.9 Å². The minimum atomic E-state index is -0.895. The van der Waals surface area contributed by atoms with Crippen LogP contribution in [-0.4, -0.2) is 24.2 Å². The third-order valence-corrected chi connectivity index (χ3v) is 2.37. The van der Waals surface area contributed by atoms with E-state index in [0.29, 0.717) is 0 Å². The summed E-state index contributed by atoms with van der Waals surface area (Å²) in [5.41, 5.74) is -0.571. The lowest BCUT2D eigenvalue weighted by Crippen LogP contribution is -2.31. The van der Waals surface area contributed by atoms with Crippen LogP contribution in [0.5, 0.6) is 0 Å². The molecule has 0 bridgehead atoms. The number of carbonyl (C=O) groups excluding carboxylic acids is 1. The van der Waals surface area contributed by atoms with E-state index < -0.39 is 17.3 Å². The SMILES string of the molecule is COC(=O)CC(C)(C)C(C)C(=O)O. The fourth-order valence-electron chi connectivity index (χ4n) is 0.932. The van der Waals surface area contributed by atoms with Crippen LogP contribution < -0.4 is 0 Å². The van der Waals surface area contributed by atoms with Gasteiger partial charge in [0, 0.05) is 0 Å². The van der Waals surface area contributed by atoms with Gasteiger partial charge in [0.15, 0.2) is 0 Å². The van der Waals surface area contributed by atoms with Gasteiger partial charge in [-0.25, -0.2) is 0 Å². The van der Waals surface area contributed by atoms with Crippen LogP contribution in [0, 0.1) is 11.3 Å². The summed E-state index contributed by atoms with van der Waals surface area (Å²) in [5.74, 6) is -1.83. The van der Waals surface area contributed by atoms with Gasteiger partial charge in [-0.05, 0) is 5.41 Å². The van der Waals surface area contributed by atoms with Crippen LogP contribution in [0.4, 0.5) is 0 Å². The summed E-state index contributed by atoms with van der Waals surface area (Å²) in [4.78, 5) is 21.6. The molecule has 0 aliphatic carbocycles. The van der Waals surface area contributed by atoms with Gasteiger partial charge in [0.1, 0.15) is 0 Å². The molecule has 4 heteroatoms. The van der Waals surface area contributed by atoms with Gasteiger partial charge in [0.25, 0.3) is 0 Å². The maximum Gasteiger partial charge on any atom is 0.306 e. The molecule has 1 atom stereocenters. The van der Waals surface area contributed by atoms with E-state index >= 15 is 0 Å². The number of ether oxygens (including phenoxy) is 1. The van der Waals surface area contributed by atoms with Gasteiger partial charge >= 0.3 is 11.9 Å². The highest BCUT2D eigenvalue weighted by Crippen LogP contribution is 2.30. The average Bonchev–Trinajstić information content (AvgIpc) is 2.01. The molecular weight excluding hydrogens is 172 g/mol. The van der Waals surface area contributed by atoms with Crippen LogP contribution in [0.15, 0.2) is 0 Å². The Morgan fingerprint density at radius 1 is 1.46 bits per heavy atom. The molecule has 0 aliphatic rings. The van der Waals surface area contributed by atoms with Gasteiger partial charge in [-0.1, -0.05) is 20.8 Å². The number of rotatable bonds is 4. The van der Waals surface area contributed by atoms with Crippen molar-refractivity contribution in [3.63, 3.8) is 0 Å². The van der Waals surface area contributed by atoms with Gasteiger partial charge in [-0.3, -0.25) is 9.59 Å². The van der Waals surface area contributed by atoms with Crippen molar-refractivity contribution in [2.45, 2.75) is 27.2 Å². The normalized spacial score (nSPS) is 13.5. The van der Waals surface area contributed by atoms with E-state index in [1.165, 1.54) is 7.11 Å². The van der Waals surface area contributed by atoms with Crippen molar-refractivity contribution in [1.29, 1.82) is 0 Å². The van der Waals surface area contributed by atoms with Crippen LogP contribution in [0.1, 0.15) is 27.2 Å².